The van der Waals surface area contributed by atoms with Gasteiger partial charge in [0, 0.05) is 12.6 Å². The predicted octanol–water partition coefficient (Wildman–Crippen LogP) is 4.65. The lowest BCUT2D eigenvalue weighted by molar-refractivity contribution is -0.140. The van der Waals surface area contributed by atoms with E-state index in [2.05, 4.69) is 5.32 Å². The standard InChI is InChI=1S/C27H34F3N3O4S/c1-4-24(26(35)31-22-13-7-8-14-22)32(17-20-11-6-5-10-19(20)2)25(34)18-33(38(3,36)37)23-15-9-12-21(16-23)27(28,29)30/h5-6,9-12,15-16,22,24H,4,7-8,13-14,17-18H2,1-3H3,(H,31,35)/t24-/m1/s1. The molecule has 1 fully saturated rings. The van der Waals surface area contributed by atoms with Crippen LogP contribution in [-0.2, 0) is 32.3 Å². The Bertz CT molecular complexity index is 1240. The maximum atomic E-state index is 13.7. The molecule has 1 atom stereocenters. The van der Waals surface area contributed by atoms with Gasteiger partial charge in [0.05, 0.1) is 17.5 Å². The molecule has 1 aliphatic rings. The first kappa shape index (κ1) is 29.5. The van der Waals surface area contributed by atoms with Crippen molar-refractivity contribution >= 4 is 27.5 Å². The summed E-state index contributed by atoms with van der Waals surface area (Å²) in [5.41, 5.74) is 0.345. The van der Waals surface area contributed by atoms with E-state index in [4.69, 9.17) is 0 Å². The fourth-order valence-electron chi connectivity index (χ4n) is 4.71. The number of hydrogen-bond donors (Lipinski definition) is 1. The van der Waals surface area contributed by atoms with Crippen molar-refractivity contribution < 1.29 is 31.2 Å². The molecule has 38 heavy (non-hydrogen) atoms. The van der Waals surface area contributed by atoms with Crippen molar-refractivity contribution in [3.8, 4) is 0 Å². The number of rotatable bonds is 10. The van der Waals surface area contributed by atoms with E-state index in [0.717, 1.165) is 55.2 Å². The van der Waals surface area contributed by atoms with Crippen LogP contribution in [0.4, 0.5) is 18.9 Å². The Kier molecular flexibility index (Phi) is 9.45. The molecule has 0 bridgehead atoms. The lowest BCUT2D eigenvalue weighted by atomic mass is 10.1. The molecule has 208 valence electrons. The van der Waals surface area contributed by atoms with Gasteiger partial charge in [0.15, 0.2) is 0 Å². The highest BCUT2D eigenvalue weighted by atomic mass is 32.2. The normalized spacial score (nSPS) is 15.2. The molecule has 0 unspecified atom stereocenters. The zero-order valence-electron chi connectivity index (χ0n) is 21.8. The number of carbonyl (C=O) groups excluding carboxylic acids is 2. The summed E-state index contributed by atoms with van der Waals surface area (Å²) in [5.74, 6) is -1.02. The maximum Gasteiger partial charge on any atom is 0.416 e. The quantitative estimate of drug-likeness (QED) is 0.464. The van der Waals surface area contributed by atoms with Gasteiger partial charge in [0.1, 0.15) is 12.6 Å². The molecule has 0 heterocycles. The van der Waals surface area contributed by atoms with Crippen LogP contribution in [0.15, 0.2) is 48.5 Å². The fraction of sp³-hybridized carbons (Fsp3) is 0.481. The number of anilines is 1. The van der Waals surface area contributed by atoms with Crippen LogP contribution in [0.25, 0.3) is 0 Å². The van der Waals surface area contributed by atoms with Crippen LogP contribution in [0.3, 0.4) is 0 Å². The first-order valence-corrected chi connectivity index (χ1v) is 14.5. The van der Waals surface area contributed by atoms with Crippen LogP contribution in [0, 0.1) is 6.92 Å². The Morgan fingerprint density at radius 2 is 1.74 bits per heavy atom. The van der Waals surface area contributed by atoms with E-state index in [-0.39, 0.29) is 30.6 Å². The third-order valence-corrected chi connectivity index (χ3v) is 7.97. The topological polar surface area (TPSA) is 86.8 Å². The molecule has 2 aromatic rings. The number of benzene rings is 2. The molecular weight excluding hydrogens is 519 g/mol. The zero-order chi connectivity index (χ0) is 28.1. The van der Waals surface area contributed by atoms with Crippen LogP contribution in [0.5, 0.6) is 0 Å². The molecule has 1 saturated carbocycles. The average Bonchev–Trinajstić information content (AvgIpc) is 3.35. The van der Waals surface area contributed by atoms with E-state index in [1.165, 1.54) is 11.0 Å². The number of nitrogens with zero attached hydrogens (tertiary/aromatic N) is 2. The van der Waals surface area contributed by atoms with E-state index in [0.29, 0.717) is 10.4 Å². The highest BCUT2D eigenvalue weighted by molar-refractivity contribution is 7.92. The highest BCUT2D eigenvalue weighted by Crippen LogP contribution is 2.32. The molecule has 1 N–H and O–H groups in total. The van der Waals surface area contributed by atoms with E-state index < -0.39 is 40.3 Å². The van der Waals surface area contributed by atoms with E-state index in [1.807, 2.05) is 25.1 Å². The predicted molar refractivity (Wildman–Crippen MR) is 140 cm³/mol. The first-order chi connectivity index (χ1) is 17.8. The van der Waals surface area contributed by atoms with Crippen molar-refractivity contribution in [2.45, 2.75) is 70.8 Å². The summed E-state index contributed by atoms with van der Waals surface area (Å²) in [4.78, 5) is 28.4. The van der Waals surface area contributed by atoms with E-state index >= 15 is 0 Å². The molecule has 3 rings (SSSR count). The van der Waals surface area contributed by atoms with Crippen molar-refractivity contribution in [3.63, 3.8) is 0 Å². The number of alkyl halides is 3. The second kappa shape index (κ2) is 12.2. The molecule has 2 aromatic carbocycles. The largest absolute Gasteiger partial charge is 0.416 e. The summed E-state index contributed by atoms with van der Waals surface area (Å²) in [6, 6.07) is 10.3. The molecule has 0 saturated heterocycles. The third-order valence-electron chi connectivity index (χ3n) is 6.83. The monoisotopic (exact) mass is 553 g/mol. The second-order valence-corrected chi connectivity index (χ2v) is 11.6. The third kappa shape index (κ3) is 7.49. The number of sulfonamides is 1. The van der Waals surface area contributed by atoms with E-state index in [1.54, 1.807) is 13.0 Å². The molecule has 0 spiro atoms. The minimum Gasteiger partial charge on any atom is -0.352 e. The molecular formula is C27H34F3N3O4S. The van der Waals surface area contributed by atoms with Gasteiger partial charge in [-0.3, -0.25) is 13.9 Å². The van der Waals surface area contributed by atoms with Crippen LogP contribution in [0.2, 0.25) is 0 Å². The van der Waals surface area contributed by atoms with Crippen molar-refractivity contribution in [2.75, 3.05) is 17.1 Å². The molecule has 7 nitrogen and oxygen atoms in total. The van der Waals surface area contributed by atoms with Gasteiger partial charge in [0.25, 0.3) is 0 Å². The Morgan fingerprint density at radius 1 is 1.08 bits per heavy atom. The summed E-state index contributed by atoms with van der Waals surface area (Å²) in [5, 5.41) is 3.02. The number of aryl methyl sites for hydroxylation is 1. The van der Waals surface area contributed by atoms with E-state index in [9.17, 15) is 31.2 Å². The smallest absolute Gasteiger partial charge is 0.352 e. The Balaban J connectivity index is 1.96. The van der Waals surface area contributed by atoms with Gasteiger partial charge >= 0.3 is 6.18 Å². The van der Waals surface area contributed by atoms with Crippen molar-refractivity contribution in [1.82, 2.24) is 10.2 Å². The van der Waals surface area contributed by atoms with Gasteiger partial charge < -0.3 is 10.2 Å². The van der Waals surface area contributed by atoms with Crippen LogP contribution >= 0.6 is 0 Å². The van der Waals surface area contributed by atoms with Crippen LogP contribution < -0.4 is 9.62 Å². The minimum absolute atomic E-state index is 0.0181. The van der Waals surface area contributed by atoms with Gasteiger partial charge in [-0.1, -0.05) is 50.1 Å². The minimum atomic E-state index is -4.69. The number of hydrogen-bond acceptors (Lipinski definition) is 4. The second-order valence-electron chi connectivity index (χ2n) is 9.68. The average molecular weight is 554 g/mol. The Morgan fingerprint density at radius 3 is 2.32 bits per heavy atom. The summed E-state index contributed by atoms with van der Waals surface area (Å²) in [6.45, 7) is 2.92. The first-order valence-electron chi connectivity index (χ1n) is 12.6. The van der Waals surface area contributed by atoms with Gasteiger partial charge in [-0.15, -0.1) is 0 Å². The van der Waals surface area contributed by atoms with Crippen molar-refractivity contribution in [1.29, 1.82) is 0 Å². The summed E-state index contributed by atoms with van der Waals surface area (Å²) in [6.07, 6.45) is 0.138. The van der Waals surface area contributed by atoms with Gasteiger partial charge in [-0.25, -0.2) is 8.42 Å². The molecule has 2 amide bonds. The Labute approximate surface area is 222 Å². The highest BCUT2D eigenvalue weighted by Gasteiger charge is 2.35. The van der Waals surface area contributed by atoms with Crippen molar-refractivity contribution in [3.05, 3.63) is 65.2 Å². The summed E-state index contributed by atoms with van der Waals surface area (Å²) >= 11 is 0. The SMILES string of the molecule is CC[C@H](C(=O)NC1CCCC1)N(Cc1ccccc1C)C(=O)CN(c1cccc(C(F)(F)F)c1)S(C)(=O)=O. The van der Waals surface area contributed by atoms with Gasteiger partial charge in [-0.05, 0) is 55.5 Å². The molecule has 0 radical (unpaired) electrons. The van der Waals surface area contributed by atoms with Crippen LogP contribution in [-0.4, -0.2) is 50.0 Å². The van der Waals surface area contributed by atoms with Crippen molar-refractivity contribution in [2.24, 2.45) is 0 Å². The Hall–Kier alpha value is -3.08. The van der Waals surface area contributed by atoms with Gasteiger partial charge in [-0.2, -0.15) is 13.2 Å². The maximum absolute atomic E-state index is 13.7. The number of halogens is 3. The van der Waals surface area contributed by atoms with Gasteiger partial charge in [0.2, 0.25) is 21.8 Å². The fourth-order valence-corrected chi connectivity index (χ4v) is 5.55. The van der Waals surface area contributed by atoms with Crippen LogP contribution in [0.1, 0.15) is 55.7 Å². The lowest BCUT2D eigenvalue weighted by Gasteiger charge is -2.33. The number of amides is 2. The molecule has 11 heteroatoms. The summed E-state index contributed by atoms with van der Waals surface area (Å²) < 4.78 is 65.9. The number of nitrogens with one attached hydrogen (secondary N) is 1. The number of carbonyl (C=O) groups is 2. The zero-order valence-corrected chi connectivity index (χ0v) is 22.6. The molecule has 1 aliphatic carbocycles. The molecule has 0 aromatic heterocycles. The summed E-state index contributed by atoms with van der Waals surface area (Å²) in [7, 11) is -4.14. The molecule has 0 aliphatic heterocycles. The lowest BCUT2D eigenvalue weighted by Crippen LogP contribution is -2.53.